The van der Waals surface area contributed by atoms with Gasteiger partial charge in [-0.3, -0.25) is 4.79 Å². The van der Waals surface area contributed by atoms with E-state index < -0.39 is 23.3 Å². The fraction of sp³-hybridized carbons (Fsp3) is 0.263. The van der Waals surface area contributed by atoms with E-state index in [0.717, 1.165) is 19.2 Å². The Labute approximate surface area is 164 Å². The Bertz CT molecular complexity index is 853. The number of alkyl halides is 3. The van der Waals surface area contributed by atoms with E-state index in [4.69, 9.17) is 11.6 Å². The zero-order valence-corrected chi connectivity index (χ0v) is 15.7. The Morgan fingerprint density at radius 2 is 1.61 bits per heavy atom. The van der Waals surface area contributed by atoms with Gasteiger partial charge >= 0.3 is 12.1 Å². The molecule has 0 unspecified atom stereocenters. The lowest BCUT2D eigenvalue weighted by atomic mass is 9.93. The van der Waals surface area contributed by atoms with Crippen LogP contribution < -0.4 is 4.90 Å². The summed E-state index contributed by atoms with van der Waals surface area (Å²) in [6.07, 6.45) is -5.29. The number of benzene rings is 2. The van der Waals surface area contributed by atoms with Crippen LogP contribution in [0.3, 0.4) is 0 Å². The van der Waals surface area contributed by atoms with Crippen molar-refractivity contribution in [1.82, 2.24) is 0 Å². The van der Waals surface area contributed by atoms with Crippen molar-refractivity contribution in [1.29, 1.82) is 0 Å². The van der Waals surface area contributed by atoms with Crippen molar-refractivity contribution in [2.45, 2.75) is 18.7 Å². The summed E-state index contributed by atoms with van der Waals surface area (Å²) < 4.78 is 44.0. The molecule has 0 spiro atoms. The van der Waals surface area contributed by atoms with Crippen LogP contribution in [0.2, 0.25) is 5.02 Å². The van der Waals surface area contributed by atoms with Crippen LogP contribution in [0.25, 0.3) is 0 Å². The summed E-state index contributed by atoms with van der Waals surface area (Å²) >= 11 is 5.80. The standard InChI is InChI=1S/C19H17ClF3NO4/c1-3-24(16(25)12-4-8-14(20)9-5-12)15-10-6-13(7-11-15)18(27,17(26)28-2)19(21,22)23/h4-11,27H,3H2,1-2H3/t18-/m1/s1. The zero-order chi connectivity index (χ0) is 21.1. The fourth-order valence-corrected chi connectivity index (χ4v) is 2.75. The lowest BCUT2D eigenvalue weighted by Crippen LogP contribution is -2.49. The van der Waals surface area contributed by atoms with E-state index in [1.54, 1.807) is 19.1 Å². The third-order valence-corrected chi connectivity index (χ3v) is 4.39. The number of ether oxygens (including phenoxy) is 1. The van der Waals surface area contributed by atoms with Crippen molar-refractivity contribution in [3.8, 4) is 0 Å². The van der Waals surface area contributed by atoms with Crippen LogP contribution in [-0.2, 0) is 15.1 Å². The summed E-state index contributed by atoms with van der Waals surface area (Å²) in [6.45, 7) is 1.93. The third-order valence-electron chi connectivity index (χ3n) is 4.14. The van der Waals surface area contributed by atoms with Gasteiger partial charge in [0.1, 0.15) is 0 Å². The normalized spacial score (nSPS) is 13.5. The second kappa shape index (κ2) is 8.20. The molecule has 2 aromatic rings. The van der Waals surface area contributed by atoms with Gasteiger partial charge in [0.05, 0.1) is 7.11 Å². The molecule has 2 aromatic carbocycles. The highest BCUT2D eigenvalue weighted by molar-refractivity contribution is 6.30. The maximum Gasteiger partial charge on any atom is 0.432 e. The van der Waals surface area contributed by atoms with Crippen LogP contribution in [-0.4, -0.2) is 36.8 Å². The predicted octanol–water partition coefficient (Wildman–Crippen LogP) is 3.93. The van der Waals surface area contributed by atoms with Crippen molar-refractivity contribution >= 4 is 29.2 Å². The lowest BCUT2D eigenvalue weighted by Gasteiger charge is -2.28. The van der Waals surface area contributed by atoms with E-state index in [9.17, 15) is 27.9 Å². The van der Waals surface area contributed by atoms with Crippen molar-refractivity contribution < 1.29 is 32.6 Å². The first-order chi connectivity index (χ1) is 13.1. The Morgan fingerprint density at radius 1 is 1.07 bits per heavy atom. The molecule has 1 atom stereocenters. The number of esters is 1. The summed E-state index contributed by atoms with van der Waals surface area (Å²) in [7, 11) is 0.747. The number of anilines is 1. The Kier molecular flexibility index (Phi) is 6.36. The molecule has 9 heteroatoms. The van der Waals surface area contributed by atoms with Crippen LogP contribution in [0.5, 0.6) is 0 Å². The largest absolute Gasteiger partial charge is 0.466 e. The molecule has 2 rings (SSSR count). The van der Waals surface area contributed by atoms with Crippen molar-refractivity contribution in [2.24, 2.45) is 0 Å². The summed E-state index contributed by atoms with van der Waals surface area (Å²) in [6, 6.07) is 10.4. The molecule has 0 aromatic heterocycles. The Morgan fingerprint density at radius 3 is 2.04 bits per heavy atom. The number of amides is 1. The molecule has 0 saturated carbocycles. The van der Waals surface area contributed by atoms with E-state index in [1.807, 2.05) is 0 Å². The number of nitrogens with zero attached hydrogens (tertiary/aromatic N) is 1. The minimum Gasteiger partial charge on any atom is -0.466 e. The van der Waals surface area contributed by atoms with Crippen LogP contribution >= 0.6 is 11.6 Å². The minimum atomic E-state index is -5.29. The van der Waals surface area contributed by atoms with Gasteiger partial charge in [-0.15, -0.1) is 0 Å². The van der Waals surface area contributed by atoms with Crippen LogP contribution in [0.1, 0.15) is 22.8 Å². The van der Waals surface area contributed by atoms with E-state index in [2.05, 4.69) is 4.74 Å². The molecule has 0 bridgehead atoms. The van der Waals surface area contributed by atoms with E-state index >= 15 is 0 Å². The Balaban J connectivity index is 2.39. The SMILES string of the molecule is CCN(C(=O)c1ccc(Cl)cc1)c1ccc([C@@](O)(C(=O)OC)C(F)(F)F)cc1. The topological polar surface area (TPSA) is 66.8 Å². The fourth-order valence-electron chi connectivity index (χ4n) is 2.62. The molecular formula is C19H17ClF3NO4. The molecule has 0 fully saturated rings. The molecule has 1 amide bonds. The van der Waals surface area contributed by atoms with Crippen LogP contribution in [0, 0.1) is 0 Å². The van der Waals surface area contributed by atoms with Gasteiger partial charge in [0, 0.05) is 28.4 Å². The first kappa shape index (κ1) is 21.7. The van der Waals surface area contributed by atoms with Crippen molar-refractivity contribution in [2.75, 3.05) is 18.6 Å². The van der Waals surface area contributed by atoms with Gasteiger partial charge in [-0.1, -0.05) is 23.7 Å². The molecule has 5 nitrogen and oxygen atoms in total. The highest BCUT2D eigenvalue weighted by atomic mass is 35.5. The average molecular weight is 416 g/mol. The predicted molar refractivity (Wildman–Crippen MR) is 97.2 cm³/mol. The van der Waals surface area contributed by atoms with E-state index in [-0.39, 0.29) is 12.5 Å². The molecular weight excluding hydrogens is 399 g/mol. The zero-order valence-electron chi connectivity index (χ0n) is 15.0. The van der Waals surface area contributed by atoms with E-state index in [1.165, 1.54) is 29.2 Å². The lowest BCUT2D eigenvalue weighted by molar-refractivity contribution is -0.266. The number of rotatable bonds is 5. The summed E-state index contributed by atoms with van der Waals surface area (Å²) in [4.78, 5) is 25.6. The maximum absolute atomic E-state index is 13.3. The summed E-state index contributed by atoms with van der Waals surface area (Å²) in [5, 5.41) is 10.5. The van der Waals surface area contributed by atoms with Gasteiger partial charge in [-0.05, 0) is 43.3 Å². The monoisotopic (exact) mass is 415 g/mol. The number of hydrogen-bond acceptors (Lipinski definition) is 4. The minimum absolute atomic E-state index is 0.237. The first-order valence-corrected chi connectivity index (χ1v) is 8.49. The van der Waals surface area contributed by atoms with Crippen LogP contribution in [0.4, 0.5) is 18.9 Å². The number of hydrogen-bond donors (Lipinski definition) is 1. The molecule has 0 saturated heterocycles. The third kappa shape index (κ3) is 3.98. The molecule has 28 heavy (non-hydrogen) atoms. The number of methoxy groups -OCH3 is 1. The first-order valence-electron chi connectivity index (χ1n) is 8.11. The molecule has 0 aliphatic rings. The number of aliphatic hydroxyl groups is 1. The Hall–Kier alpha value is -2.58. The highest BCUT2D eigenvalue weighted by Gasteiger charge is 2.62. The van der Waals surface area contributed by atoms with Gasteiger partial charge in [0.25, 0.3) is 11.5 Å². The second-order valence-corrected chi connectivity index (χ2v) is 6.24. The molecule has 0 aliphatic carbocycles. The quantitative estimate of drug-likeness (QED) is 0.751. The van der Waals surface area contributed by atoms with Gasteiger partial charge in [0.2, 0.25) is 0 Å². The number of carbonyl (C=O) groups is 2. The maximum atomic E-state index is 13.3. The van der Waals surface area contributed by atoms with Crippen LogP contribution in [0.15, 0.2) is 48.5 Å². The second-order valence-electron chi connectivity index (χ2n) is 5.80. The summed E-state index contributed by atoms with van der Waals surface area (Å²) in [5.74, 6) is -2.23. The smallest absolute Gasteiger partial charge is 0.432 e. The summed E-state index contributed by atoms with van der Waals surface area (Å²) in [5.41, 5.74) is -3.89. The molecule has 0 aliphatic heterocycles. The molecule has 0 radical (unpaired) electrons. The van der Waals surface area contributed by atoms with Crippen molar-refractivity contribution in [3.05, 3.63) is 64.7 Å². The molecule has 0 heterocycles. The molecule has 150 valence electrons. The van der Waals surface area contributed by atoms with Gasteiger partial charge in [-0.25, -0.2) is 4.79 Å². The highest BCUT2D eigenvalue weighted by Crippen LogP contribution is 2.40. The van der Waals surface area contributed by atoms with E-state index in [0.29, 0.717) is 16.3 Å². The van der Waals surface area contributed by atoms with Gasteiger partial charge in [0.15, 0.2) is 0 Å². The van der Waals surface area contributed by atoms with Gasteiger partial charge < -0.3 is 14.7 Å². The molecule has 1 N–H and O–H groups in total. The average Bonchev–Trinajstić information content (AvgIpc) is 2.67. The van der Waals surface area contributed by atoms with Crippen molar-refractivity contribution in [3.63, 3.8) is 0 Å². The number of halogens is 4. The number of carbonyl (C=O) groups excluding carboxylic acids is 2. The van der Waals surface area contributed by atoms with Gasteiger partial charge in [-0.2, -0.15) is 13.2 Å².